The highest BCUT2D eigenvalue weighted by atomic mass is 19.1. The maximum atomic E-state index is 13.3. The Kier molecular flexibility index (Phi) is 3.16. The van der Waals surface area contributed by atoms with Crippen molar-refractivity contribution in [1.82, 2.24) is 20.4 Å². The van der Waals surface area contributed by atoms with Gasteiger partial charge in [0.15, 0.2) is 0 Å². The molecule has 5 nitrogen and oxygen atoms in total. The molecule has 4 rings (SSSR count). The zero-order valence-electron chi connectivity index (χ0n) is 11.7. The summed E-state index contributed by atoms with van der Waals surface area (Å²) in [5.74, 6) is 0.795. The Bertz CT molecular complexity index is 796. The largest absolute Gasteiger partial charge is 0.337 e. The fourth-order valence-corrected chi connectivity index (χ4v) is 2.35. The van der Waals surface area contributed by atoms with E-state index in [1.165, 1.54) is 12.1 Å². The van der Waals surface area contributed by atoms with Crippen molar-refractivity contribution in [3.63, 3.8) is 0 Å². The molecule has 2 aromatic heterocycles. The second kappa shape index (κ2) is 5.31. The molecule has 3 aromatic rings. The Morgan fingerprint density at radius 3 is 2.77 bits per heavy atom. The lowest BCUT2D eigenvalue weighted by molar-refractivity contribution is 0.273. The summed E-state index contributed by atoms with van der Waals surface area (Å²) in [6.45, 7) is 0.975. The highest BCUT2D eigenvalue weighted by Gasteiger charge is 2.25. The molecule has 6 heteroatoms. The predicted octanol–water partition coefficient (Wildman–Crippen LogP) is 2.97. The molecule has 1 aromatic carbocycles. The average Bonchev–Trinajstić information content (AvgIpc) is 2.95. The van der Waals surface area contributed by atoms with Crippen LogP contribution in [0.3, 0.4) is 0 Å². The van der Waals surface area contributed by atoms with Crippen LogP contribution >= 0.6 is 0 Å². The Labute approximate surface area is 126 Å². The number of nitrogens with one attached hydrogen (secondary N) is 1. The van der Waals surface area contributed by atoms with Gasteiger partial charge in [0.2, 0.25) is 11.7 Å². The van der Waals surface area contributed by atoms with Gasteiger partial charge < -0.3 is 9.84 Å². The van der Waals surface area contributed by atoms with E-state index in [-0.39, 0.29) is 11.9 Å². The molecule has 1 aliphatic rings. The maximum absolute atomic E-state index is 13.3. The summed E-state index contributed by atoms with van der Waals surface area (Å²) in [6, 6.07) is 10.3. The van der Waals surface area contributed by atoms with Gasteiger partial charge >= 0.3 is 0 Å². The minimum absolute atomic E-state index is 0.160. The van der Waals surface area contributed by atoms with Crippen LogP contribution in [-0.4, -0.2) is 21.7 Å². The van der Waals surface area contributed by atoms with Crippen LogP contribution in [0.4, 0.5) is 4.39 Å². The molecule has 0 bridgehead atoms. The second-order valence-corrected chi connectivity index (χ2v) is 5.19. The number of pyridine rings is 1. The fraction of sp³-hybridized carbons (Fsp3) is 0.188. The number of benzene rings is 1. The van der Waals surface area contributed by atoms with Crippen molar-refractivity contribution in [1.29, 1.82) is 0 Å². The first-order valence-electron chi connectivity index (χ1n) is 7.09. The molecular formula is C16H13FN4O. The summed E-state index contributed by atoms with van der Waals surface area (Å²) in [6.07, 6.45) is 2.69. The first-order chi connectivity index (χ1) is 10.8. The summed E-state index contributed by atoms with van der Waals surface area (Å²) < 4.78 is 18.5. The van der Waals surface area contributed by atoms with Gasteiger partial charge in [0.05, 0.1) is 6.04 Å². The molecule has 1 N–H and O–H groups in total. The number of hydrogen-bond acceptors (Lipinski definition) is 5. The van der Waals surface area contributed by atoms with E-state index in [1.807, 2.05) is 18.2 Å². The van der Waals surface area contributed by atoms with Crippen LogP contribution in [0.15, 0.2) is 47.1 Å². The van der Waals surface area contributed by atoms with E-state index >= 15 is 0 Å². The molecule has 1 atom stereocenters. The zero-order chi connectivity index (χ0) is 14.9. The van der Waals surface area contributed by atoms with Gasteiger partial charge in [-0.05, 0) is 36.7 Å². The third-order valence-electron chi connectivity index (χ3n) is 3.71. The number of aromatic nitrogens is 3. The topological polar surface area (TPSA) is 63.8 Å². The van der Waals surface area contributed by atoms with Gasteiger partial charge in [0.1, 0.15) is 11.5 Å². The van der Waals surface area contributed by atoms with Gasteiger partial charge in [-0.3, -0.25) is 4.98 Å². The summed E-state index contributed by atoms with van der Waals surface area (Å²) in [5.41, 5.74) is 2.26. The Hall–Kier alpha value is -2.60. The summed E-state index contributed by atoms with van der Waals surface area (Å²) in [7, 11) is 0. The standard InChI is InChI=1S/C16H13FN4O/c17-12-3-1-2-10(8-12)11-4-5-13(19-9-11)15-20-16(22-21-15)14-6-7-18-14/h1-5,8-9,14,18H,6-7H2. The third kappa shape index (κ3) is 2.37. The van der Waals surface area contributed by atoms with Crippen molar-refractivity contribution < 1.29 is 8.91 Å². The minimum atomic E-state index is -0.266. The van der Waals surface area contributed by atoms with Gasteiger partial charge in [-0.2, -0.15) is 4.98 Å². The van der Waals surface area contributed by atoms with E-state index in [1.54, 1.807) is 12.3 Å². The SMILES string of the molecule is Fc1cccc(-c2ccc(-c3noc(C4CCN4)n3)nc2)c1. The third-order valence-corrected chi connectivity index (χ3v) is 3.71. The van der Waals surface area contributed by atoms with Crippen molar-refractivity contribution in [3.05, 3.63) is 54.3 Å². The van der Waals surface area contributed by atoms with E-state index < -0.39 is 0 Å². The van der Waals surface area contributed by atoms with Crippen molar-refractivity contribution in [2.24, 2.45) is 0 Å². The van der Waals surface area contributed by atoms with E-state index in [9.17, 15) is 4.39 Å². The Morgan fingerprint density at radius 2 is 2.09 bits per heavy atom. The van der Waals surface area contributed by atoms with Crippen LogP contribution in [0.5, 0.6) is 0 Å². The molecule has 110 valence electrons. The van der Waals surface area contributed by atoms with Gasteiger partial charge in [-0.1, -0.05) is 23.4 Å². The molecule has 1 unspecified atom stereocenters. The molecular weight excluding hydrogens is 283 g/mol. The molecule has 0 radical (unpaired) electrons. The van der Waals surface area contributed by atoms with E-state index in [4.69, 9.17) is 4.52 Å². The van der Waals surface area contributed by atoms with Crippen molar-refractivity contribution in [3.8, 4) is 22.6 Å². The van der Waals surface area contributed by atoms with Crippen LogP contribution < -0.4 is 5.32 Å². The molecule has 3 heterocycles. The van der Waals surface area contributed by atoms with E-state index in [0.29, 0.717) is 17.4 Å². The Balaban J connectivity index is 1.60. The minimum Gasteiger partial charge on any atom is -0.337 e. The number of halogens is 1. The highest BCUT2D eigenvalue weighted by molar-refractivity contribution is 5.64. The lowest BCUT2D eigenvalue weighted by Gasteiger charge is -2.23. The molecule has 0 saturated carbocycles. The second-order valence-electron chi connectivity index (χ2n) is 5.19. The van der Waals surface area contributed by atoms with Crippen LogP contribution in [0.25, 0.3) is 22.6 Å². The van der Waals surface area contributed by atoms with Crippen molar-refractivity contribution in [2.45, 2.75) is 12.5 Å². The molecule has 1 saturated heterocycles. The van der Waals surface area contributed by atoms with Gasteiger partial charge in [0, 0.05) is 11.8 Å². The van der Waals surface area contributed by atoms with Crippen molar-refractivity contribution >= 4 is 0 Å². The first kappa shape index (κ1) is 13.1. The van der Waals surface area contributed by atoms with Crippen LogP contribution in [-0.2, 0) is 0 Å². The normalized spacial score (nSPS) is 17.2. The van der Waals surface area contributed by atoms with Crippen LogP contribution in [0.2, 0.25) is 0 Å². The zero-order valence-corrected chi connectivity index (χ0v) is 11.7. The highest BCUT2D eigenvalue weighted by Crippen LogP contribution is 2.25. The molecule has 1 aliphatic heterocycles. The quantitative estimate of drug-likeness (QED) is 0.805. The smallest absolute Gasteiger partial charge is 0.244 e. The first-order valence-corrected chi connectivity index (χ1v) is 7.09. The predicted molar refractivity (Wildman–Crippen MR) is 78.3 cm³/mol. The fourth-order valence-electron chi connectivity index (χ4n) is 2.35. The van der Waals surface area contributed by atoms with Crippen LogP contribution in [0, 0.1) is 5.82 Å². The molecule has 0 spiro atoms. The Morgan fingerprint density at radius 1 is 1.18 bits per heavy atom. The lowest BCUT2D eigenvalue weighted by Crippen LogP contribution is -2.35. The van der Waals surface area contributed by atoms with Crippen LogP contribution in [0.1, 0.15) is 18.4 Å². The van der Waals surface area contributed by atoms with Gasteiger partial charge in [0.25, 0.3) is 0 Å². The monoisotopic (exact) mass is 296 g/mol. The summed E-state index contributed by atoms with van der Waals surface area (Å²) in [4.78, 5) is 8.70. The van der Waals surface area contributed by atoms with Crippen molar-refractivity contribution in [2.75, 3.05) is 6.54 Å². The molecule has 22 heavy (non-hydrogen) atoms. The average molecular weight is 296 g/mol. The lowest BCUT2D eigenvalue weighted by atomic mass is 10.1. The number of rotatable bonds is 3. The van der Waals surface area contributed by atoms with E-state index in [0.717, 1.165) is 24.1 Å². The van der Waals surface area contributed by atoms with Gasteiger partial charge in [-0.25, -0.2) is 4.39 Å². The number of hydrogen-bond donors (Lipinski definition) is 1. The van der Waals surface area contributed by atoms with Gasteiger partial charge in [-0.15, -0.1) is 0 Å². The molecule has 0 aliphatic carbocycles. The molecule has 0 amide bonds. The molecule has 1 fully saturated rings. The summed E-state index contributed by atoms with van der Waals surface area (Å²) >= 11 is 0. The maximum Gasteiger partial charge on any atom is 0.244 e. The summed E-state index contributed by atoms with van der Waals surface area (Å²) in [5, 5.41) is 7.17. The number of nitrogens with zero attached hydrogens (tertiary/aromatic N) is 3. The van der Waals surface area contributed by atoms with E-state index in [2.05, 4.69) is 20.4 Å².